The van der Waals surface area contributed by atoms with E-state index in [4.69, 9.17) is 0 Å². The molecule has 0 aliphatic rings. The van der Waals surface area contributed by atoms with Crippen LogP contribution in [0.3, 0.4) is 0 Å². The summed E-state index contributed by atoms with van der Waals surface area (Å²) in [6.07, 6.45) is 6.39. The first-order chi connectivity index (χ1) is 9.79. The molecule has 0 spiro atoms. The van der Waals surface area contributed by atoms with Gasteiger partial charge in [0.15, 0.2) is 0 Å². The lowest BCUT2D eigenvalue weighted by atomic mass is 10.2. The number of nitrogens with zero attached hydrogens (tertiary/aromatic N) is 2. The maximum Gasteiger partial charge on any atom is 0.233 e. The quantitative estimate of drug-likeness (QED) is 0.803. The normalized spacial score (nSPS) is 10.4. The molecule has 0 radical (unpaired) electrons. The molecule has 2 rings (SSSR count). The van der Waals surface area contributed by atoms with Crippen molar-refractivity contribution in [3.8, 4) is 5.69 Å². The molecule has 20 heavy (non-hydrogen) atoms. The van der Waals surface area contributed by atoms with Crippen LogP contribution in [0.15, 0.2) is 43.0 Å². The topological polar surface area (TPSA) is 59.0 Å². The van der Waals surface area contributed by atoms with Crippen molar-refractivity contribution in [3.63, 3.8) is 0 Å². The van der Waals surface area contributed by atoms with Crippen molar-refractivity contribution in [2.24, 2.45) is 0 Å². The SMILES string of the molecule is CCCNC(=O)CNCc1ccc(-n2ccnc2)cc1. The fourth-order valence-corrected chi connectivity index (χ4v) is 1.85. The van der Waals surface area contributed by atoms with Crippen LogP contribution in [-0.2, 0) is 11.3 Å². The third-order valence-electron chi connectivity index (χ3n) is 2.93. The van der Waals surface area contributed by atoms with E-state index in [2.05, 4.69) is 15.6 Å². The molecule has 5 heteroatoms. The van der Waals surface area contributed by atoms with E-state index in [9.17, 15) is 4.79 Å². The van der Waals surface area contributed by atoms with Crippen LogP contribution < -0.4 is 10.6 Å². The summed E-state index contributed by atoms with van der Waals surface area (Å²) in [5.41, 5.74) is 2.23. The Labute approximate surface area is 119 Å². The zero-order valence-electron chi connectivity index (χ0n) is 11.7. The highest BCUT2D eigenvalue weighted by Crippen LogP contribution is 2.08. The average molecular weight is 272 g/mol. The number of rotatable bonds is 7. The number of imidazole rings is 1. The molecule has 0 aliphatic carbocycles. The highest BCUT2D eigenvalue weighted by Gasteiger charge is 2.00. The first-order valence-electron chi connectivity index (χ1n) is 6.84. The van der Waals surface area contributed by atoms with Gasteiger partial charge in [0.05, 0.1) is 12.9 Å². The van der Waals surface area contributed by atoms with Gasteiger partial charge in [0.25, 0.3) is 0 Å². The average Bonchev–Trinajstić information content (AvgIpc) is 3.00. The second-order valence-corrected chi connectivity index (χ2v) is 4.59. The van der Waals surface area contributed by atoms with E-state index < -0.39 is 0 Å². The lowest BCUT2D eigenvalue weighted by Crippen LogP contribution is -2.33. The molecule has 1 amide bonds. The molecule has 2 aromatic rings. The van der Waals surface area contributed by atoms with Crippen LogP contribution in [0.25, 0.3) is 5.69 Å². The van der Waals surface area contributed by atoms with Crippen LogP contribution in [0.1, 0.15) is 18.9 Å². The van der Waals surface area contributed by atoms with Gasteiger partial charge in [-0.25, -0.2) is 4.98 Å². The summed E-state index contributed by atoms with van der Waals surface area (Å²) in [6, 6.07) is 8.17. The van der Waals surface area contributed by atoms with Crippen LogP contribution >= 0.6 is 0 Å². The van der Waals surface area contributed by atoms with E-state index in [1.54, 1.807) is 12.5 Å². The first-order valence-corrected chi connectivity index (χ1v) is 6.84. The van der Waals surface area contributed by atoms with Gasteiger partial charge < -0.3 is 15.2 Å². The number of aromatic nitrogens is 2. The van der Waals surface area contributed by atoms with E-state index in [0.717, 1.165) is 24.2 Å². The van der Waals surface area contributed by atoms with Crippen LogP contribution in [0.2, 0.25) is 0 Å². The molecule has 106 valence electrons. The van der Waals surface area contributed by atoms with Gasteiger partial charge >= 0.3 is 0 Å². The monoisotopic (exact) mass is 272 g/mol. The van der Waals surface area contributed by atoms with Crippen LogP contribution in [0, 0.1) is 0 Å². The first kappa shape index (κ1) is 14.3. The molecule has 2 N–H and O–H groups in total. The predicted molar refractivity (Wildman–Crippen MR) is 78.6 cm³/mol. The van der Waals surface area contributed by atoms with Gasteiger partial charge in [0, 0.05) is 31.2 Å². The minimum Gasteiger partial charge on any atom is -0.355 e. The molecule has 1 aromatic heterocycles. The molecule has 1 aromatic carbocycles. The van der Waals surface area contributed by atoms with Gasteiger partial charge in [0.2, 0.25) is 5.91 Å². The zero-order valence-corrected chi connectivity index (χ0v) is 11.7. The molecular weight excluding hydrogens is 252 g/mol. The van der Waals surface area contributed by atoms with Crippen molar-refractivity contribution in [1.82, 2.24) is 20.2 Å². The lowest BCUT2D eigenvalue weighted by molar-refractivity contribution is -0.120. The maximum absolute atomic E-state index is 11.4. The van der Waals surface area contributed by atoms with Crippen LogP contribution in [0.5, 0.6) is 0 Å². The van der Waals surface area contributed by atoms with E-state index in [0.29, 0.717) is 13.1 Å². The highest BCUT2D eigenvalue weighted by atomic mass is 16.1. The van der Waals surface area contributed by atoms with E-state index in [1.807, 2.05) is 42.0 Å². The molecule has 5 nitrogen and oxygen atoms in total. The van der Waals surface area contributed by atoms with Crippen molar-refractivity contribution in [3.05, 3.63) is 48.5 Å². The molecular formula is C15H20N4O. The van der Waals surface area contributed by atoms with E-state index >= 15 is 0 Å². The van der Waals surface area contributed by atoms with Gasteiger partial charge in [0.1, 0.15) is 0 Å². The lowest BCUT2D eigenvalue weighted by Gasteiger charge is -2.07. The molecule has 0 aliphatic heterocycles. The zero-order chi connectivity index (χ0) is 14.2. The van der Waals surface area contributed by atoms with Crippen LogP contribution in [-0.4, -0.2) is 28.5 Å². The van der Waals surface area contributed by atoms with Crippen molar-refractivity contribution >= 4 is 5.91 Å². The Morgan fingerprint density at radius 3 is 2.75 bits per heavy atom. The molecule has 0 bridgehead atoms. The predicted octanol–water partition coefficient (Wildman–Crippen LogP) is 1.49. The standard InChI is InChI=1S/C15H20N4O/c1-2-7-18-15(20)11-17-10-13-3-5-14(6-4-13)19-9-8-16-12-19/h3-6,8-9,12,17H,2,7,10-11H2,1H3,(H,18,20). The summed E-state index contributed by atoms with van der Waals surface area (Å²) in [7, 11) is 0. The van der Waals surface area contributed by atoms with Gasteiger partial charge in [-0.05, 0) is 24.1 Å². The fraction of sp³-hybridized carbons (Fsp3) is 0.333. The number of carbonyl (C=O) groups excluding carboxylic acids is 1. The molecule has 1 heterocycles. The Balaban J connectivity index is 1.78. The molecule has 0 saturated heterocycles. The Kier molecular flexibility index (Phi) is 5.32. The third-order valence-corrected chi connectivity index (χ3v) is 2.93. The van der Waals surface area contributed by atoms with Gasteiger partial charge in [-0.2, -0.15) is 0 Å². The Morgan fingerprint density at radius 2 is 2.10 bits per heavy atom. The molecule has 0 saturated carbocycles. The summed E-state index contributed by atoms with van der Waals surface area (Å²) in [5.74, 6) is 0.0434. The smallest absolute Gasteiger partial charge is 0.233 e. The Bertz CT molecular complexity index is 519. The summed E-state index contributed by atoms with van der Waals surface area (Å²) in [5, 5.41) is 5.97. The number of carbonyl (C=O) groups is 1. The molecule has 0 atom stereocenters. The second-order valence-electron chi connectivity index (χ2n) is 4.59. The minimum absolute atomic E-state index is 0.0434. The van der Waals surface area contributed by atoms with Crippen LogP contribution in [0.4, 0.5) is 0 Å². The number of hydrogen-bond acceptors (Lipinski definition) is 3. The summed E-state index contributed by atoms with van der Waals surface area (Å²) in [4.78, 5) is 15.4. The molecule has 0 unspecified atom stereocenters. The van der Waals surface area contributed by atoms with E-state index in [-0.39, 0.29) is 5.91 Å². The third kappa shape index (κ3) is 4.20. The highest BCUT2D eigenvalue weighted by molar-refractivity contribution is 5.77. The van der Waals surface area contributed by atoms with Crippen molar-refractivity contribution in [2.45, 2.75) is 19.9 Å². The largest absolute Gasteiger partial charge is 0.355 e. The summed E-state index contributed by atoms with van der Waals surface area (Å²) >= 11 is 0. The fourth-order valence-electron chi connectivity index (χ4n) is 1.85. The summed E-state index contributed by atoms with van der Waals surface area (Å²) < 4.78 is 1.95. The van der Waals surface area contributed by atoms with Crippen molar-refractivity contribution in [2.75, 3.05) is 13.1 Å². The Morgan fingerprint density at radius 1 is 1.30 bits per heavy atom. The maximum atomic E-state index is 11.4. The Hall–Kier alpha value is -2.14. The summed E-state index contributed by atoms with van der Waals surface area (Å²) in [6.45, 7) is 3.81. The van der Waals surface area contributed by atoms with Crippen molar-refractivity contribution < 1.29 is 4.79 Å². The number of nitrogens with one attached hydrogen (secondary N) is 2. The number of benzene rings is 1. The van der Waals surface area contributed by atoms with E-state index in [1.165, 1.54) is 0 Å². The van der Waals surface area contributed by atoms with Gasteiger partial charge in [-0.1, -0.05) is 19.1 Å². The van der Waals surface area contributed by atoms with Crippen molar-refractivity contribution in [1.29, 1.82) is 0 Å². The second kappa shape index (κ2) is 7.45. The molecule has 0 fully saturated rings. The minimum atomic E-state index is 0.0434. The number of hydrogen-bond donors (Lipinski definition) is 2. The van der Waals surface area contributed by atoms with Gasteiger partial charge in [-0.15, -0.1) is 0 Å². The van der Waals surface area contributed by atoms with Gasteiger partial charge in [-0.3, -0.25) is 4.79 Å². The number of amides is 1.